The van der Waals surface area contributed by atoms with Gasteiger partial charge in [0.05, 0.1) is 10.4 Å². The van der Waals surface area contributed by atoms with Gasteiger partial charge in [0.1, 0.15) is 6.10 Å². The second kappa shape index (κ2) is 5.43. The van der Waals surface area contributed by atoms with E-state index in [0.29, 0.717) is 4.75 Å². The zero-order chi connectivity index (χ0) is 15.0. The van der Waals surface area contributed by atoms with Gasteiger partial charge in [-0.2, -0.15) is 5.10 Å². The Kier molecular flexibility index (Phi) is 3.41. The average molecular weight is 314 g/mol. The van der Waals surface area contributed by atoms with Crippen LogP contribution in [0.4, 0.5) is 5.82 Å². The molecule has 0 radical (unpaired) electrons. The van der Waals surface area contributed by atoms with Gasteiger partial charge in [-0.15, -0.1) is 16.9 Å². The maximum Gasteiger partial charge on any atom is 0.213 e. The van der Waals surface area contributed by atoms with Crippen molar-refractivity contribution in [2.75, 3.05) is 23.7 Å². The number of aryl methyl sites for hydroxylation is 1. The second-order valence-electron chi connectivity index (χ2n) is 5.99. The minimum absolute atomic E-state index is 0.256. The molecular formula is C16H18N4OS. The fourth-order valence-corrected chi connectivity index (χ4v) is 4.58. The van der Waals surface area contributed by atoms with Crippen LogP contribution in [0.25, 0.3) is 0 Å². The van der Waals surface area contributed by atoms with Crippen molar-refractivity contribution in [3.63, 3.8) is 0 Å². The minimum atomic E-state index is 0.256. The van der Waals surface area contributed by atoms with Crippen LogP contribution in [-0.4, -0.2) is 44.9 Å². The van der Waals surface area contributed by atoms with Gasteiger partial charge in [0.2, 0.25) is 5.88 Å². The summed E-state index contributed by atoms with van der Waals surface area (Å²) in [7, 11) is 0. The fraction of sp³-hybridized carbons (Fsp3) is 0.438. The lowest BCUT2D eigenvalue weighted by molar-refractivity contribution is 0.194. The number of hydrogen-bond acceptors (Lipinski definition) is 6. The minimum Gasteiger partial charge on any atom is -0.473 e. The molecule has 2 aliphatic rings. The van der Waals surface area contributed by atoms with Gasteiger partial charge in [-0.3, -0.25) is 0 Å². The van der Waals surface area contributed by atoms with Gasteiger partial charge in [-0.05, 0) is 25.1 Å². The zero-order valence-electron chi connectivity index (χ0n) is 12.5. The quantitative estimate of drug-likeness (QED) is 0.866. The van der Waals surface area contributed by atoms with E-state index < -0.39 is 0 Å². The molecule has 114 valence electrons. The van der Waals surface area contributed by atoms with E-state index in [1.165, 1.54) is 0 Å². The molecule has 0 saturated carbocycles. The van der Waals surface area contributed by atoms with Crippen LogP contribution in [0.3, 0.4) is 0 Å². The Bertz CT molecular complexity index is 643. The van der Waals surface area contributed by atoms with Gasteiger partial charge >= 0.3 is 0 Å². The van der Waals surface area contributed by atoms with Crippen molar-refractivity contribution in [3.8, 4) is 5.88 Å². The Morgan fingerprint density at radius 3 is 2.86 bits per heavy atom. The lowest BCUT2D eigenvalue weighted by Gasteiger charge is -2.47. The van der Waals surface area contributed by atoms with Crippen LogP contribution >= 0.6 is 11.8 Å². The van der Waals surface area contributed by atoms with Crippen molar-refractivity contribution in [3.05, 3.63) is 42.2 Å². The Labute approximate surface area is 134 Å². The number of rotatable bonds is 3. The third-order valence-electron chi connectivity index (χ3n) is 4.17. The molecule has 0 aliphatic carbocycles. The summed E-state index contributed by atoms with van der Waals surface area (Å²) in [6.07, 6.45) is 3.10. The highest BCUT2D eigenvalue weighted by atomic mass is 32.2. The summed E-state index contributed by atoms with van der Waals surface area (Å²) in [5.74, 6) is 2.74. The van der Waals surface area contributed by atoms with Gasteiger partial charge in [0.15, 0.2) is 5.82 Å². The predicted octanol–water partition coefficient (Wildman–Crippen LogP) is 2.32. The van der Waals surface area contributed by atoms with Crippen LogP contribution in [0.15, 0.2) is 36.5 Å². The highest BCUT2D eigenvalue weighted by molar-refractivity contribution is 8.01. The van der Waals surface area contributed by atoms with E-state index in [9.17, 15) is 0 Å². The van der Waals surface area contributed by atoms with Crippen LogP contribution in [0.2, 0.25) is 0 Å². The lowest BCUT2D eigenvalue weighted by atomic mass is 9.93. The molecule has 0 amide bonds. The van der Waals surface area contributed by atoms with E-state index >= 15 is 0 Å². The molecule has 2 aromatic rings. The van der Waals surface area contributed by atoms with Crippen LogP contribution in [0.1, 0.15) is 12.1 Å². The molecule has 0 bridgehead atoms. The molecule has 0 N–H and O–H groups in total. The second-order valence-corrected chi connectivity index (χ2v) is 7.48. The molecule has 2 aliphatic heterocycles. The number of thioether (sulfide) groups is 1. The number of nitrogens with zero attached hydrogens (tertiary/aromatic N) is 4. The molecule has 6 heteroatoms. The molecule has 2 aromatic heterocycles. The van der Waals surface area contributed by atoms with Gasteiger partial charge < -0.3 is 9.64 Å². The summed E-state index contributed by atoms with van der Waals surface area (Å²) in [6, 6.07) is 9.86. The normalized spacial score (nSPS) is 22.6. The molecule has 1 atom stereocenters. The zero-order valence-corrected chi connectivity index (χ0v) is 13.3. The smallest absolute Gasteiger partial charge is 0.213 e. The molecule has 1 unspecified atom stereocenters. The maximum absolute atomic E-state index is 5.98. The van der Waals surface area contributed by atoms with Crippen LogP contribution in [0, 0.1) is 6.92 Å². The first kappa shape index (κ1) is 13.8. The third kappa shape index (κ3) is 2.63. The van der Waals surface area contributed by atoms with Crippen LogP contribution in [-0.2, 0) is 0 Å². The molecule has 2 fully saturated rings. The predicted molar refractivity (Wildman–Crippen MR) is 87.4 cm³/mol. The first-order valence-electron chi connectivity index (χ1n) is 7.49. The van der Waals surface area contributed by atoms with Crippen LogP contribution < -0.4 is 9.64 Å². The van der Waals surface area contributed by atoms with E-state index in [1.54, 1.807) is 6.20 Å². The van der Waals surface area contributed by atoms with E-state index in [-0.39, 0.29) is 6.10 Å². The van der Waals surface area contributed by atoms with Crippen molar-refractivity contribution >= 4 is 17.6 Å². The van der Waals surface area contributed by atoms with Crippen molar-refractivity contribution in [1.82, 2.24) is 15.2 Å². The van der Waals surface area contributed by atoms with E-state index in [2.05, 4.69) is 26.1 Å². The number of anilines is 1. The first-order valence-corrected chi connectivity index (χ1v) is 8.48. The summed E-state index contributed by atoms with van der Waals surface area (Å²) in [6.45, 7) is 4.01. The Hall–Kier alpha value is -1.82. The van der Waals surface area contributed by atoms with E-state index in [1.807, 2.05) is 43.0 Å². The molecule has 1 spiro atoms. The molecule has 4 rings (SSSR count). The molecule has 0 aromatic carbocycles. The van der Waals surface area contributed by atoms with Crippen molar-refractivity contribution in [2.24, 2.45) is 0 Å². The topological polar surface area (TPSA) is 51.1 Å². The van der Waals surface area contributed by atoms with Gasteiger partial charge in [0.25, 0.3) is 0 Å². The number of hydrogen-bond donors (Lipinski definition) is 0. The van der Waals surface area contributed by atoms with E-state index in [4.69, 9.17) is 4.74 Å². The molecule has 2 saturated heterocycles. The summed E-state index contributed by atoms with van der Waals surface area (Å²) in [5.41, 5.74) is 0.957. The van der Waals surface area contributed by atoms with Crippen LogP contribution in [0.5, 0.6) is 5.88 Å². The molecule has 4 heterocycles. The molecule has 22 heavy (non-hydrogen) atoms. The lowest BCUT2D eigenvalue weighted by Crippen LogP contribution is -2.59. The van der Waals surface area contributed by atoms with Gasteiger partial charge in [-0.25, -0.2) is 4.98 Å². The molecular weight excluding hydrogens is 296 g/mol. The summed E-state index contributed by atoms with van der Waals surface area (Å²) in [5, 5.41) is 8.40. The van der Waals surface area contributed by atoms with E-state index in [0.717, 1.165) is 42.7 Å². The fourth-order valence-electron chi connectivity index (χ4n) is 3.06. The van der Waals surface area contributed by atoms with Gasteiger partial charge in [-0.1, -0.05) is 6.07 Å². The van der Waals surface area contributed by atoms with Crippen molar-refractivity contribution in [1.29, 1.82) is 0 Å². The average Bonchev–Trinajstić information content (AvgIpc) is 2.92. The monoisotopic (exact) mass is 314 g/mol. The number of pyridine rings is 1. The Morgan fingerprint density at radius 2 is 2.14 bits per heavy atom. The standard InChI is InChI=1S/C16H18N4OS/c1-12-5-6-14(19-18-12)20-10-16(11-20)8-13(9-22-16)21-15-4-2-3-7-17-15/h2-7,13H,8-11H2,1H3. The largest absolute Gasteiger partial charge is 0.473 e. The SMILES string of the molecule is Cc1ccc(N2CC3(CC(Oc4ccccn4)CS3)C2)nn1. The van der Waals surface area contributed by atoms with Crippen molar-refractivity contribution < 1.29 is 4.74 Å². The van der Waals surface area contributed by atoms with Gasteiger partial charge in [0, 0.05) is 37.5 Å². The summed E-state index contributed by atoms with van der Waals surface area (Å²) in [4.78, 5) is 6.54. The highest BCUT2D eigenvalue weighted by Crippen LogP contribution is 2.46. The third-order valence-corrected chi connectivity index (χ3v) is 5.74. The number of ether oxygens (including phenoxy) is 1. The Morgan fingerprint density at radius 1 is 1.23 bits per heavy atom. The first-order chi connectivity index (χ1) is 10.7. The number of aromatic nitrogens is 3. The Balaban J connectivity index is 1.35. The summed E-state index contributed by atoms with van der Waals surface area (Å²) >= 11 is 2.02. The van der Waals surface area contributed by atoms with Crippen molar-refractivity contribution in [2.45, 2.75) is 24.2 Å². The summed E-state index contributed by atoms with van der Waals surface area (Å²) < 4.78 is 6.30. The maximum atomic E-state index is 5.98. The highest BCUT2D eigenvalue weighted by Gasteiger charge is 2.50. The molecule has 5 nitrogen and oxygen atoms in total.